The van der Waals surface area contributed by atoms with Crippen molar-refractivity contribution in [2.24, 2.45) is 0 Å². The number of nitrogen functional groups attached to an aromatic ring is 2. The molecule has 6 heteroatoms. The Morgan fingerprint density at radius 2 is 1.65 bits per heavy atom. The summed E-state index contributed by atoms with van der Waals surface area (Å²) in [5, 5.41) is 0. The molecule has 6 nitrogen and oxygen atoms in total. The van der Waals surface area contributed by atoms with Gasteiger partial charge >= 0.3 is 0 Å². The Morgan fingerprint density at radius 3 is 2.30 bits per heavy atom. The largest absolute Gasteiger partial charge is 0.383 e. The highest BCUT2D eigenvalue weighted by Crippen LogP contribution is 2.41. The smallest absolute Gasteiger partial charge is 0.223 e. The van der Waals surface area contributed by atoms with E-state index in [0.29, 0.717) is 11.7 Å². The standard InChI is InChI=1S/C14H24N6/c1-19-6-8-20(9-7-19)13-11(10-4-2-3-5-10)12(15)17-14(16)18-13/h10H,2-9H2,1H3,(H4,15,16,17,18). The van der Waals surface area contributed by atoms with Gasteiger partial charge in [0.25, 0.3) is 0 Å². The second-order valence-electron chi connectivity index (χ2n) is 5.98. The molecule has 0 unspecified atom stereocenters. The van der Waals surface area contributed by atoms with Gasteiger partial charge in [-0.25, -0.2) is 0 Å². The molecule has 0 spiro atoms. The minimum absolute atomic E-state index is 0.290. The van der Waals surface area contributed by atoms with Crippen molar-refractivity contribution in [3.63, 3.8) is 0 Å². The summed E-state index contributed by atoms with van der Waals surface area (Å²) in [6.45, 7) is 4.06. The molecular weight excluding hydrogens is 252 g/mol. The Kier molecular flexibility index (Phi) is 3.65. The van der Waals surface area contributed by atoms with E-state index >= 15 is 0 Å². The van der Waals surface area contributed by atoms with Crippen molar-refractivity contribution in [2.75, 3.05) is 49.6 Å². The third-order valence-corrected chi connectivity index (χ3v) is 4.54. The zero-order valence-electron chi connectivity index (χ0n) is 12.2. The molecule has 2 aliphatic rings. The normalized spacial score (nSPS) is 21.6. The van der Waals surface area contributed by atoms with Crippen LogP contribution < -0.4 is 16.4 Å². The Balaban J connectivity index is 1.95. The lowest BCUT2D eigenvalue weighted by Crippen LogP contribution is -2.45. The van der Waals surface area contributed by atoms with Gasteiger partial charge in [0.05, 0.1) is 0 Å². The van der Waals surface area contributed by atoms with Crippen LogP contribution in [-0.2, 0) is 0 Å². The van der Waals surface area contributed by atoms with Crippen molar-refractivity contribution in [1.82, 2.24) is 14.9 Å². The SMILES string of the molecule is CN1CCN(c2nc(N)nc(N)c2C2CCCC2)CC1. The molecule has 20 heavy (non-hydrogen) atoms. The van der Waals surface area contributed by atoms with Gasteiger partial charge in [-0.1, -0.05) is 12.8 Å². The van der Waals surface area contributed by atoms with Crippen molar-refractivity contribution in [1.29, 1.82) is 0 Å². The fourth-order valence-electron chi connectivity index (χ4n) is 3.36. The molecular formula is C14H24N6. The summed E-state index contributed by atoms with van der Waals surface area (Å²) < 4.78 is 0. The molecule has 1 saturated carbocycles. The molecule has 2 fully saturated rings. The van der Waals surface area contributed by atoms with Crippen LogP contribution in [0.4, 0.5) is 17.6 Å². The van der Waals surface area contributed by atoms with Gasteiger partial charge in [0.2, 0.25) is 5.95 Å². The van der Waals surface area contributed by atoms with Gasteiger partial charge in [-0.15, -0.1) is 0 Å². The third kappa shape index (κ3) is 2.52. The maximum atomic E-state index is 6.17. The lowest BCUT2D eigenvalue weighted by atomic mass is 9.98. The highest BCUT2D eigenvalue weighted by Gasteiger charge is 2.28. The van der Waals surface area contributed by atoms with Gasteiger partial charge in [-0.2, -0.15) is 9.97 Å². The van der Waals surface area contributed by atoms with E-state index in [9.17, 15) is 0 Å². The number of hydrogen-bond acceptors (Lipinski definition) is 6. The summed E-state index contributed by atoms with van der Waals surface area (Å²) in [5.41, 5.74) is 13.1. The molecule has 2 heterocycles. The summed E-state index contributed by atoms with van der Waals surface area (Å²) >= 11 is 0. The maximum absolute atomic E-state index is 6.17. The van der Waals surface area contributed by atoms with E-state index in [1.54, 1.807) is 0 Å². The quantitative estimate of drug-likeness (QED) is 0.840. The van der Waals surface area contributed by atoms with E-state index in [1.807, 2.05) is 0 Å². The molecule has 1 aliphatic heterocycles. The van der Waals surface area contributed by atoms with Crippen LogP contribution in [-0.4, -0.2) is 48.1 Å². The van der Waals surface area contributed by atoms with E-state index < -0.39 is 0 Å². The second-order valence-corrected chi connectivity index (χ2v) is 5.98. The van der Waals surface area contributed by atoms with Crippen LogP contribution in [0.5, 0.6) is 0 Å². The number of hydrogen-bond donors (Lipinski definition) is 2. The molecule has 1 aromatic rings. The number of aromatic nitrogens is 2. The maximum Gasteiger partial charge on any atom is 0.223 e. The van der Waals surface area contributed by atoms with Gasteiger partial charge in [0, 0.05) is 31.7 Å². The highest BCUT2D eigenvalue weighted by atomic mass is 15.3. The summed E-state index contributed by atoms with van der Waals surface area (Å²) in [5.74, 6) is 2.36. The zero-order valence-corrected chi connectivity index (χ0v) is 12.2. The van der Waals surface area contributed by atoms with Crippen LogP contribution in [0, 0.1) is 0 Å². The van der Waals surface area contributed by atoms with Crippen molar-refractivity contribution in [2.45, 2.75) is 31.6 Å². The Bertz CT molecular complexity index is 475. The molecule has 3 rings (SSSR count). The highest BCUT2D eigenvalue weighted by molar-refractivity contribution is 5.61. The molecule has 1 saturated heterocycles. The molecule has 0 bridgehead atoms. The molecule has 0 amide bonds. The van der Waals surface area contributed by atoms with Gasteiger partial charge in [-0.05, 0) is 25.8 Å². The lowest BCUT2D eigenvalue weighted by Gasteiger charge is -2.35. The van der Waals surface area contributed by atoms with E-state index in [2.05, 4.69) is 26.8 Å². The molecule has 1 aliphatic carbocycles. The minimum atomic E-state index is 0.290. The topological polar surface area (TPSA) is 84.3 Å². The first-order valence-corrected chi connectivity index (χ1v) is 7.51. The third-order valence-electron chi connectivity index (χ3n) is 4.54. The van der Waals surface area contributed by atoms with Crippen LogP contribution in [0.25, 0.3) is 0 Å². The van der Waals surface area contributed by atoms with Crippen molar-refractivity contribution in [3.8, 4) is 0 Å². The predicted molar refractivity (Wildman–Crippen MR) is 81.8 cm³/mol. The average Bonchev–Trinajstić information content (AvgIpc) is 2.92. The Labute approximate surface area is 120 Å². The van der Waals surface area contributed by atoms with Gasteiger partial charge in [-0.3, -0.25) is 0 Å². The van der Waals surface area contributed by atoms with E-state index in [0.717, 1.165) is 37.6 Å². The summed E-state index contributed by atoms with van der Waals surface area (Å²) in [6.07, 6.45) is 4.93. The minimum Gasteiger partial charge on any atom is -0.383 e. The van der Waals surface area contributed by atoms with Crippen LogP contribution >= 0.6 is 0 Å². The lowest BCUT2D eigenvalue weighted by molar-refractivity contribution is 0.311. The molecule has 0 aromatic carbocycles. The zero-order chi connectivity index (χ0) is 14.1. The van der Waals surface area contributed by atoms with Crippen LogP contribution in [0.15, 0.2) is 0 Å². The van der Waals surface area contributed by atoms with Crippen LogP contribution in [0.1, 0.15) is 37.2 Å². The number of anilines is 3. The van der Waals surface area contributed by atoms with Crippen LogP contribution in [0.2, 0.25) is 0 Å². The first kappa shape index (κ1) is 13.4. The summed E-state index contributed by atoms with van der Waals surface area (Å²) in [6, 6.07) is 0. The van der Waals surface area contributed by atoms with Gasteiger partial charge in [0.1, 0.15) is 11.6 Å². The number of likely N-dealkylation sites (N-methyl/N-ethyl adjacent to an activating group) is 1. The van der Waals surface area contributed by atoms with Crippen LogP contribution in [0.3, 0.4) is 0 Å². The van der Waals surface area contributed by atoms with Gasteiger partial charge in [0.15, 0.2) is 0 Å². The van der Waals surface area contributed by atoms with Crippen molar-refractivity contribution < 1.29 is 0 Å². The molecule has 1 aromatic heterocycles. The first-order valence-electron chi connectivity index (χ1n) is 7.51. The molecule has 110 valence electrons. The predicted octanol–water partition coefficient (Wildman–Crippen LogP) is 1.05. The fourth-order valence-corrected chi connectivity index (χ4v) is 3.36. The first-order chi connectivity index (χ1) is 9.65. The molecule has 0 atom stereocenters. The molecule has 4 N–H and O–H groups in total. The van der Waals surface area contributed by atoms with E-state index in [4.69, 9.17) is 11.5 Å². The molecule has 0 radical (unpaired) electrons. The number of piperazine rings is 1. The summed E-state index contributed by atoms with van der Waals surface area (Å²) in [7, 11) is 2.15. The van der Waals surface area contributed by atoms with E-state index in [-0.39, 0.29) is 5.95 Å². The Morgan fingerprint density at radius 1 is 1.00 bits per heavy atom. The monoisotopic (exact) mass is 276 g/mol. The Hall–Kier alpha value is -1.56. The van der Waals surface area contributed by atoms with Crippen molar-refractivity contribution >= 4 is 17.6 Å². The average molecular weight is 276 g/mol. The second kappa shape index (κ2) is 5.44. The summed E-state index contributed by atoms with van der Waals surface area (Å²) in [4.78, 5) is 13.4. The number of rotatable bonds is 2. The number of nitrogens with two attached hydrogens (primary N) is 2. The fraction of sp³-hybridized carbons (Fsp3) is 0.714. The van der Waals surface area contributed by atoms with E-state index in [1.165, 1.54) is 25.7 Å². The number of nitrogens with zero attached hydrogens (tertiary/aromatic N) is 4. The van der Waals surface area contributed by atoms with Gasteiger partial charge < -0.3 is 21.3 Å². The van der Waals surface area contributed by atoms with Crippen molar-refractivity contribution in [3.05, 3.63) is 5.56 Å².